The van der Waals surface area contributed by atoms with Crippen LogP contribution in [0.4, 0.5) is 0 Å². The minimum absolute atomic E-state index is 0.122. The molecule has 0 aromatic heterocycles. The van der Waals surface area contributed by atoms with Crippen LogP contribution < -0.4 is 0 Å². The molecule has 0 radical (unpaired) electrons. The monoisotopic (exact) mass is 308 g/mol. The summed E-state index contributed by atoms with van der Waals surface area (Å²) in [5.74, 6) is -1.02. The molecule has 0 spiro atoms. The van der Waals surface area contributed by atoms with Crippen LogP contribution in [0.1, 0.15) is 18.4 Å². The van der Waals surface area contributed by atoms with Crippen LogP contribution in [-0.4, -0.2) is 49.3 Å². The molecule has 1 atom stereocenters. The van der Waals surface area contributed by atoms with Crippen LogP contribution in [0.5, 0.6) is 0 Å². The molecule has 1 aliphatic rings. The molecule has 21 heavy (non-hydrogen) atoms. The van der Waals surface area contributed by atoms with E-state index in [0.29, 0.717) is 18.5 Å². The van der Waals surface area contributed by atoms with Crippen molar-refractivity contribution in [3.05, 3.63) is 29.8 Å². The molecule has 1 unspecified atom stereocenters. The molecule has 6 nitrogen and oxygen atoms in total. The fourth-order valence-corrected chi connectivity index (χ4v) is 3.73. The highest BCUT2D eigenvalue weighted by atomic mass is 32.2. The van der Waals surface area contributed by atoms with E-state index in [1.807, 2.05) is 6.07 Å². The van der Waals surface area contributed by atoms with Gasteiger partial charge in [0, 0.05) is 6.54 Å². The Morgan fingerprint density at radius 3 is 2.62 bits per heavy atom. The SMILES string of the molecule is N#Cc1ccc(S(=O)(=O)CCN2CCCC2C(=O)O)cc1. The third-order valence-electron chi connectivity index (χ3n) is 3.64. The normalized spacial score (nSPS) is 19.3. The maximum Gasteiger partial charge on any atom is 0.320 e. The van der Waals surface area contributed by atoms with Crippen molar-refractivity contribution in [1.29, 1.82) is 5.26 Å². The zero-order valence-electron chi connectivity index (χ0n) is 11.4. The van der Waals surface area contributed by atoms with Gasteiger partial charge < -0.3 is 5.11 Å². The number of likely N-dealkylation sites (tertiary alicyclic amines) is 1. The average Bonchev–Trinajstić information content (AvgIpc) is 2.94. The third-order valence-corrected chi connectivity index (χ3v) is 5.35. The number of sulfone groups is 1. The molecule has 1 fully saturated rings. The summed E-state index contributed by atoms with van der Waals surface area (Å²) in [6.07, 6.45) is 1.33. The number of carboxylic acids is 1. The van der Waals surface area contributed by atoms with E-state index in [1.54, 1.807) is 4.90 Å². The highest BCUT2D eigenvalue weighted by Crippen LogP contribution is 2.19. The lowest BCUT2D eigenvalue weighted by Gasteiger charge is -2.20. The molecule has 112 valence electrons. The summed E-state index contributed by atoms with van der Waals surface area (Å²) in [5, 5.41) is 17.8. The predicted octanol–water partition coefficient (Wildman–Crippen LogP) is 0.881. The Morgan fingerprint density at radius 1 is 1.38 bits per heavy atom. The van der Waals surface area contributed by atoms with E-state index in [4.69, 9.17) is 10.4 Å². The Morgan fingerprint density at radius 2 is 2.05 bits per heavy atom. The van der Waals surface area contributed by atoms with Crippen LogP contribution in [0.15, 0.2) is 29.2 Å². The van der Waals surface area contributed by atoms with Crippen LogP contribution in [0.2, 0.25) is 0 Å². The third kappa shape index (κ3) is 3.60. The first-order valence-electron chi connectivity index (χ1n) is 6.64. The molecule has 1 saturated heterocycles. The number of carboxylic acid groups (broad SMARTS) is 1. The first kappa shape index (κ1) is 15.5. The molecule has 1 N–H and O–H groups in total. The Hall–Kier alpha value is -1.91. The molecule has 1 aromatic rings. The molecule has 0 bridgehead atoms. The van der Waals surface area contributed by atoms with E-state index in [2.05, 4.69) is 0 Å². The number of nitrogens with zero attached hydrogens (tertiary/aromatic N) is 2. The van der Waals surface area contributed by atoms with E-state index in [-0.39, 0.29) is 17.2 Å². The van der Waals surface area contributed by atoms with Crippen molar-refractivity contribution >= 4 is 15.8 Å². The Bertz CT molecular complexity index is 661. The van der Waals surface area contributed by atoms with Crippen molar-refractivity contribution in [2.75, 3.05) is 18.8 Å². The lowest BCUT2D eigenvalue weighted by atomic mass is 10.2. The van der Waals surface area contributed by atoms with Crippen molar-refractivity contribution in [3.8, 4) is 6.07 Å². The van der Waals surface area contributed by atoms with Gasteiger partial charge in [0.2, 0.25) is 0 Å². The summed E-state index contributed by atoms with van der Waals surface area (Å²) in [5.41, 5.74) is 0.402. The van der Waals surface area contributed by atoms with E-state index < -0.39 is 21.8 Å². The summed E-state index contributed by atoms with van der Waals surface area (Å²) in [7, 11) is -3.47. The standard InChI is InChI=1S/C14H16N2O4S/c15-10-11-3-5-12(6-4-11)21(19,20)9-8-16-7-1-2-13(16)14(17)18/h3-6,13H,1-2,7-9H2,(H,17,18). The lowest BCUT2D eigenvalue weighted by molar-refractivity contribution is -0.142. The van der Waals surface area contributed by atoms with Gasteiger partial charge in [-0.05, 0) is 43.7 Å². The highest BCUT2D eigenvalue weighted by molar-refractivity contribution is 7.91. The van der Waals surface area contributed by atoms with Gasteiger partial charge in [0.1, 0.15) is 6.04 Å². The number of nitriles is 1. The number of hydrogen-bond acceptors (Lipinski definition) is 5. The molecule has 0 amide bonds. The van der Waals surface area contributed by atoms with Crippen LogP contribution >= 0.6 is 0 Å². The maximum atomic E-state index is 12.2. The summed E-state index contributed by atoms with van der Waals surface area (Å²) in [4.78, 5) is 12.9. The smallest absolute Gasteiger partial charge is 0.320 e. The highest BCUT2D eigenvalue weighted by Gasteiger charge is 2.31. The molecule has 1 aliphatic heterocycles. The minimum Gasteiger partial charge on any atom is -0.480 e. The summed E-state index contributed by atoms with van der Waals surface area (Å²) < 4.78 is 24.4. The van der Waals surface area contributed by atoms with Gasteiger partial charge >= 0.3 is 5.97 Å². The average molecular weight is 308 g/mol. The first-order chi connectivity index (χ1) is 9.94. The van der Waals surface area contributed by atoms with E-state index >= 15 is 0 Å². The van der Waals surface area contributed by atoms with Gasteiger partial charge in [-0.3, -0.25) is 9.69 Å². The summed E-state index contributed by atoms with van der Waals surface area (Å²) in [6.45, 7) is 0.819. The number of benzene rings is 1. The van der Waals surface area contributed by atoms with Gasteiger partial charge in [0.15, 0.2) is 9.84 Å². The van der Waals surface area contributed by atoms with Gasteiger partial charge in [-0.15, -0.1) is 0 Å². The van der Waals surface area contributed by atoms with Crippen molar-refractivity contribution in [2.24, 2.45) is 0 Å². The van der Waals surface area contributed by atoms with Gasteiger partial charge in [-0.1, -0.05) is 0 Å². The predicted molar refractivity (Wildman–Crippen MR) is 75.4 cm³/mol. The van der Waals surface area contributed by atoms with Gasteiger partial charge in [-0.25, -0.2) is 8.42 Å². The molecule has 0 aliphatic carbocycles. The van der Waals surface area contributed by atoms with Crippen LogP contribution in [-0.2, 0) is 14.6 Å². The number of carbonyl (C=O) groups is 1. The second kappa shape index (κ2) is 6.24. The fraction of sp³-hybridized carbons (Fsp3) is 0.429. The molecular weight excluding hydrogens is 292 g/mol. The van der Waals surface area contributed by atoms with Crippen molar-refractivity contribution in [3.63, 3.8) is 0 Å². The van der Waals surface area contributed by atoms with E-state index in [0.717, 1.165) is 6.42 Å². The topological polar surface area (TPSA) is 98.5 Å². The van der Waals surface area contributed by atoms with Gasteiger partial charge in [0.05, 0.1) is 22.3 Å². The summed E-state index contributed by atoms with van der Waals surface area (Å²) >= 11 is 0. The number of hydrogen-bond donors (Lipinski definition) is 1. The lowest BCUT2D eigenvalue weighted by Crippen LogP contribution is -2.38. The Balaban J connectivity index is 2.04. The number of aliphatic carboxylic acids is 1. The second-order valence-corrected chi connectivity index (χ2v) is 7.10. The van der Waals surface area contributed by atoms with Crippen molar-refractivity contribution in [2.45, 2.75) is 23.8 Å². The zero-order valence-corrected chi connectivity index (χ0v) is 12.2. The minimum atomic E-state index is -3.47. The molecule has 7 heteroatoms. The van der Waals surface area contributed by atoms with Crippen molar-refractivity contribution < 1.29 is 18.3 Å². The Kier molecular flexibility index (Phi) is 4.60. The largest absolute Gasteiger partial charge is 0.480 e. The van der Waals surface area contributed by atoms with Gasteiger partial charge in [-0.2, -0.15) is 5.26 Å². The first-order valence-corrected chi connectivity index (χ1v) is 8.29. The van der Waals surface area contributed by atoms with E-state index in [1.165, 1.54) is 24.3 Å². The van der Waals surface area contributed by atoms with Crippen LogP contribution in [0.3, 0.4) is 0 Å². The fourth-order valence-electron chi connectivity index (χ4n) is 2.47. The Labute approximate surface area is 123 Å². The van der Waals surface area contributed by atoms with Crippen molar-refractivity contribution in [1.82, 2.24) is 4.90 Å². The maximum absolute atomic E-state index is 12.2. The van der Waals surface area contributed by atoms with Crippen LogP contribution in [0.25, 0.3) is 0 Å². The van der Waals surface area contributed by atoms with E-state index in [9.17, 15) is 13.2 Å². The molecule has 0 saturated carbocycles. The number of rotatable bonds is 5. The molecule has 2 rings (SSSR count). The van der Waals surface area contributed by atoms with Gasteiger partial charge in [0.25, 0.3) is 0 Å². The van der Waals surface area contributed by atoms with Crippen LogP contribution in [0, 0.1) is 11.3 Å². The molecule has 1 heterocycles. The molecular formula is C14H16N2O4S. The molecule has 1 aromatic carbocycles. The summed E-state index contributed by atoms with van der Waals surface area (Å²) in [6, 6.07) is 7.09. The second-order valence-electron chi connectivity index (χ2n) is 4.99. The quantitative estimate of drug-likeness (QED) is 0.867. The zero-order chi connectivity index (χ0) is 15.5.